The van der Waals surface area contributed by atoms with E-state index in [0.717, 1.165) is 61.9 Å². The van der Waals surface area contributed by atoms with Gasteiger partial charge in [0.1, 0.15) is 11.6 Å². The number of carbonyl (C=O) groups is 1. The number of aliphatic imine (C=N–C) groups is 1. The summed E-state index contributed by atoms with van der Waals surface area (Å²) in [7, 11) is 1.63. The Morgan fingerprint density at radius 3 is 2.15 bits per heavy atom. The molecule has 39 heavy (non-hydrogen) atoms. The number of nitrogens with one attached hydrogen (secondary N) is 1. The fourth-order valence-corrected chi connectivity index (χ4v) is 5.03. The van der Waals surface area contributed by atoms with Crippen LogP contribution in [0.2, 0.25) is 0 Å². The predicted molar refractivity (Wildman–Crippen MR) is 159 cm³/mol. The fraction of sp³-hybridized carbons (Fsp3) is 0.0312. The first-order valence-electron chi connectivity index (χ1n) is 12.4. The molecule has 5 aromatic rings. The van der Waals surface area contributed by atoms with Crippen molar-refractivity contribution >= 4 is 34.6 Å². The van der Waals surface area contributed by atoms with Crippen molar-refractivity contribution in [2.75, 3.05) is 12.4 Å². The van der Waals surface area contributed by atoms with Gasteiger partial charge in [0.25, 0.3) is 0 Å². The molecule has 2 heterocycles. The van der Waals surface area contributed by atoms with Gasteiger partial charge in [-0.25, -0.2) is 4.68 Å². The summed E-state index contributed by atoms with van der Waals surface area (Å²) in [4.78, 5) is 17.1. The Morgan fingerprint density at radius 1 is 0.821 bits per heavy atom. The molecular formula is C32H24N4O2S. The molecule has 7 heteroatoms. The van der Waals surface area contributed by atoms with Crippen LogP contribution in [0.1, 0.15) is 5.56 Å². The van der Waals surface area contributed by atoms with Crippen LogP contribution in [0.5, 0.6) is 5.75 Å². The molecule has 1 amide bonds. The quantitative estimate of drug-likeness (QED) is 0.242. The van der Waals surface area contributed by atoms with E-state index in [2.05, 4.69) is 40.6 Å². The highest BCUT2D eigenvalue weighted by Gasteiger charge is 2.22. The van der Waals surface area contributed by atoms with Crippen LogP contribution >= 0.6 is 11.8 Å². The second kappa shape index (κ2) is 10.8. The minimum atomic E-state index is -0.244. The largest absolute Gasteiger partial charge is 0.497 e. The summed E-state index contributed by atoms with van der Waals surface area (Å²) in [6, 6.07) is 38.2. The van der Waals surface area contributed by atoms with Crippen molar-refractivity contribution < 1.29 is 9.53 Å². The van der Waals surface area contributed by atoms with Gasteiger partial charge < -0.3 is 10.1 Å². The van der Waals surface area contributed by atoms with Crippen LogP contribution in [0.4, 0.5) is 10.5 Å². The van der Waals surface area contributed by atoms with Gasteiger partial charge in [0, 0.05) is 16.8 Å². The highest BCUT2D eigenvalue weighted by Crippen LogP contribution is 2.32. The number of thioether (sulfide) groups is 1. The lowest BCUT2D eigenvalue weighted by Gasteiger charge is -2.09. The Hall–Kier alpha value is -4.88. The summed E-state index contributed by atoms with van der Waals surface area (Å²) in [6.45, 7) is 0. The van der Waals surface area contributed by atoms with E-state index in [9.17, 15) is 4.79 Å². The maximum absolute atomic E-state index is 12.1. The molecule has 0 saturated carbocycles. The second-order valence-corrected chi connectivity index (χ2v) is 9.83. The first-order valence-corrected chi connectivity index (χ1v) is 13.2. The highest BCUT2D eigenvalue weighted by molar-refractivity contribution is 8.18. The van der Waals surface area contributed by atoms with Crippen LogP contribution in [0.15, 0.2) is 125 Å². The number of amidine groups is 1. The number of nitrogens with zero attached hydrogens (tertiary/aromatic N) is 3. The van der Waals surface area contributed by atoms with Crippen molar-refractivity contribution in [3.8, 4) is 34.0 Å². The Balaban J connectivity index is 1.29. The lowest BCUT2D eigenvalue weighted by Crippen LogP contribution is -2.10. The molecule has 4 aromatic carbocycles. The van der Waals surface area contributed by atoms with E-state index < -0.39 is 0 Å². The highest BCUT2D eigenvalue weighted by atomic mass is 32.2. The van der Waals surface area contributed by atoms with Crippen molar-refractivity contribution in [2.24, 2.45) is 4.99 Å². The third kappa shape index (κ3) is 5.39. The molecule has 0 saturated heterocycles. The summed E-state index contributed by atoms with van der Waals surface area (Å²) < 4.78 is 7.19. The van der Waals surface area contributed by atoms with E-state index in [1.165, 1.54) is 0 Å². The Morgan fingerprint density at radius 2 is 1.49 bits per heavy atom. The smallest absolute Gasteiger partial charge is 0.311 e. The van der Waals surface area contributed by atoms with Crippen molar-refractivity contribution in [3.05, 3.63) is 126 Å². The van der Waals surface area contributed by atoms with Gasteiger partial charge in [-0.1, -0.05) is 72.8 Å². The van der Waals surface area contributed by atoms with Crippen LogP contribution in [0.3, 0.4) is 0 Å². The first-order chi connectivity index (χ1) is 19.2. The number of ether oxygens (including phenoxy) is 1. The van der Waals surface area contributed by atoms with Crippen LogP contribution < -0.4 is 10.1 Å². The molecule has 1 N–H and O–H groups in total. The van der Waals surface area contributed by atoms with Crippen LogP contribution in [0.25, 0.3) is 34.3 Å². The number of anilines is 1. The zero-order valence-electron chi connectivity index (χ0n) is 21.1. The minimum Gasteiger partial charge on any atom is -0.497 e. The lowest BCUT2D eigenvalue weighted by atomic mass is 10.1. The maximum Gasteiger partial charge on any atom is 0.311 e. The molecule has 1 aliphatic rings. The standard InChI is InChI=1S/C32H24N4O2S/c1-38-27-18-14-25(15-19-27)33-31-30(39-32(37)34-31)20-22-12-16-26(17-13-22)36-29(24-10-6-3-7-11-24)21-28(35-36)23-8-4-2-5-9-23/h2-21H,1H3,(H,33,34,37)/b30-20-. The Labute approximate surface area is 230 Å². The van der Waals surface area contributed by atoms with E-state index in [-0.39, 0.29) is 5.24 Å². The Kier molecular flexibility index (Phi) is 6.80. The number of carbonyl (C=O) groups excluding carboxylic acids is 1. The molecule has 0 unspecified atom stereocenters. The average Bonchev–Trinajstić information content (AvgIpc) is 3.58. The number of rotatable bonds is 6. The molecule has 1 aliphatic heterocycles. The van der Waals surface area contributed by atoms with Gasteiger partial charge in [0.2, 0.25) is 0 Å². The van der Waals surface area contributed by atoms with Crippen molar-refractivity contribution in [1.82, 2.24) is 9.78 Å². The molecular weight excluding hydrogens is 504 g/mol. The van der Waals surface area contributed by atoms with Crippen molar-refractivity contribution in [1.29, 1.82) is 0 Å². The predicted octanol–water partition coefficient (Wildman–Crippen LogP) is 7.93. The van der Waals surface area contributed by atoms with Crippen LogP contribution in [-0.4, -0.2) is 28.0 Å². The molecule has 6 nitrogen and oxygen atoms in total. The van der Waals surface area contributed by atoms with Crippen molar-refractivity contribution in [2.45, 2.75) is 0 Å². The van der Waals surface area contributed by atoms with Gasteiger partial charge in [0.15, 0.2) is 0 Å². The molecule has 0 bridgehead atoms. The Bertz CT molecular complexity index is 1670. The van der Waals surface area contributed by atoms with Crippen molar-refractivity contribution in [3.63, 3.8) is 0 Å². The third-order valence-electron chi connectivity index (χ3n) is 6.27. The summed E-state index contributed by atoms with van der Waals surface area (Å²) in [6.07, 6.45) is 1.96. The monoisotopic (exact) mass is 528 g/mol. The fourth-order valence-electron chi connectivity index (χ4n) is 4.32. The third-order valence-corrected chi connectivity index (χ3v) is 7.07. The van der Waals surface area contributed by atoms with E-state index >= 15 is 0 Å². The topological polar surface area (TPSA) is 68.5 Å². The zero-order valence-corrected chi connectivity index (χ0v) is 21.9. The summed E-state index contributed by atoms with van der Waals surface area (Å²) >= 11 is 1.11. The molecule has 6 rings (SSSR count). The van der Waals surface area contributed by atoms with Gasteiger partial charge in [-0.2, -0.15) is 10.1 Å². The molecule has 190 valence electrons. The normalized spacial score (nSPS) is 13.9. The number of amides is 1. The van der Waals surface area contributed by atoms with Gasteiger partial charge in [-0.3, -0.25) is 4.79 Å². The van der Waals surface area contributed by atoms with E-state index in [1.54, 1.807) is 7.11 Å². The average molecular weight is 529 g/mol. The zero-order chi connectivity index (χ0) is 26.6. The van der Waals surface area contributed by atoms with Gasteiger partial charge >= 0.3 is 5.24 Å². The summed E-state index contributed by atoms with van der Waals surface area (Å²) in [5.74, 6) is 1.30. The molecule has 0 atom stereocenters. The molecule has 0 radical (unpaired) electrons. The summed E-state index contributed by atoms with van der Waals surface area (Å²) in [5.41, 5.74) is 6.80. The number of benzene rings is 4. The number of methoxy groups -OCH3 is 1. The van der Waals surface area contributed by atoms with Gasteiger partial charge in [-0.05, 0) is 65.9 Å². The lowest BCUT2D eigenvalue weighted by molar-refractivity contribution is 0.268. The molecule has 1 aromatic heterocycles. The maximum atomic E-state index is 12.1. The van der Waals surface area contributed by atoms with Gasteiger partial charge in [-0.15, -0.1) is 0 Å². The minimum absolute atomic E-state index is 0.244. The summed E-state index contributed by atoms with van der Waals surface area (Å²) in [5, 5.41) is 7.96. The van der Waals surface area contributed by atoms with Gasteiger partial charge in [0.05, 0.1) is 29.1 Å². The van der Waals surface area contributed by atoms with E-state index in [1.807, 2.05) is 95.7 Å². The molecule has 0 aliphatic carbocycles. The van der Waals surface area contributed by atoms with Crippen LogP contribution in [-0.2, 0) is 0 Å². The van der Waals surface area contributed by atoms with E-state index in [4.69, 9.17) is 9.84 Å². The second-order valence-electron chi connectivity index (χ2n) is 8.84. The molecule has 0 fully saturated rings. The van der Waals surface area contributed by atoms with E-state index in [0.29, 0.717) is 5.84 Å². The SMILES string of the molecule is COc1ccc(NC2=NC(=O)S/C2=C\c2ccc(-n3nc(-c4ccccc4)cc3-c3ccccc3)cc2)cc1. The first kappa shape index (κ1) is 24.5. The number of hydrogen-bond donors (Lipinski definition) is 1. The molecule has 0 spiro atoms. The van der Waals surface area contributed by atoms with Crippen LogP contribution in [0, 0.1) is 0 Å². The number of aromatic nitrogens is 2. The number of hydrogen-bond acceptors (Lipinski definition) is 5.